The monoisotopic (exact) mass is 280 g/mol. The van der Waals surface area contributed by atoms with E-state index in [9.17, 15) is 4.79 Å². The smallest absolute Gasteiger partial charge is 0.234 e. The predicted molar refractivity (Wildman–Crippen MR) is 79.7 cm³/mol. The van der Waals surface area contributed by atoms with Crippen molar-refractivity contribution < 1.29 is 9.53 Å². The molecule has 106 valence electrons. The molecule has 0 fully saturated rings. The van der Waals surface area contributed by atoms with Crippen LogP contribution in [0.2, 0.25) is 0 Å². The maximum atomic E-state index is 11.4. The number of nitriles is 1. The fourth-order valence-corrected chi connectivity index (χ4v) is 1.90. The highest BCUT2D eigenvalue weighted by Crippen LogP contribution is 2.23. The molecular weight excluding hydrogens is 264 g/mol. The van der Waals surface area contributed by atoms with Gasteiger partial charge in [0, 0.05) is 0 Å². The van der Waals surface area contributed by atoms with Crippen LogP contribution in [0.25, 0.3) is 0 Å². The largest absolute Gasteiger partial charge is 0.457 e. The Bertz CT molecular complexity index is 630. The van der Waals surface area contributed by atoms with E-state index in [1.807, 2.05) is 67.6 Å². The second-order valence-electron chi connectivity index (χ2n) is 4.61. The number of nitrogens with one attached hydrogen (secondary N) is 1. The van der Waals surface area contributed by atoms with Crippen molar-refractivity contribution in [3.05, 3.63) is 60.2 Å². The minimum Gasteiger partial charge on any atom is -0.457 e. The van der Waals surface area contributed by atoms with Gasteiger partial charge in [0.15, 0.2) is 0 Å². The molecule has 1 atom stereocenters. The van der Waals surface area contributed by atoms with Gasteiger partial charge in [0.05, 0.1) is 12.1 Å². The molecule has 0 unspecified atom stereocenters. The first-order valence-electron chi connectivity index (χ1n) is 6.68. The van der Waals surface area contributed by atoms with Gasteiger partial charge >= 0.3 is 0 Å². The number of rotatable bonds is 5. The molecule has 2 aromatic rings. The van der Waals surface area contributed by atoms with Crippen molar-refractivity contribution in [2.45, 2.75) is 19.4 Å². The Kier molecular flexibility index (Phi) is 4.94. The first-order valence-corrected chi connectivity index (χ1v) is 6.68. The van der Waals surface area contributed by atoms with Gasteiger partial charge in [-0.1, -0.05) is 30.3 Å². The minimum absolute atomic E-state index is 0.125. The molecule has 0 aliphatic heterocycles. The van der Waals surface area contributed by atoms with E-state index >= 15 is 0 Å². The second-order valence-corrected chi connectivity index (χ2v) is 4.61. The molecule has 0 saturated heterocycles. The summed E-state index contributed by atoms with van der Waals surface area (Å²) in [4.78, 5) is 11.4. The average molecular weight is 280 g/mol. The standard InChI is InChI=1S/C17H16N2O2/c1-13(19-17(20)11-12-18)14-7-9-16(10-8-14)21-15-5-3-2-4-6-15/h2-10,13H,11H2,1H3,(H,19,20)/t13-/m1/s1. The van der Waals surface area contributed by atoms with Gasteiger partial charge in [-0.15, -0.1) is 0 Å². The lowest BCUT2D eigenvalue weighted by Crippen LogP contribution is -2.25. The maximum absolute atomic E-state index is 11.4. The first kappa shape index (κ1) is 14.6. The van der Waals surface area contributed by atoms with Crippen molar-refractivity contribution >= 4 is 5.91 Å². The van der Waals surface area contributed by atoms with Crippen molar-refractivity contribution in [2.24, 2.45) is 0 Å². The van der Waals surface area contributed by atoms with Gasteiger partial charge in [-0.25, -0.2) is 0 Å². The number of ether oxygens (including phenoxy) is 1. The van der Waals surface area contributed by atoms with Gasteiger partial charge in [-0.05, 0) is 36.8 Å². The third kappa shape index (κ3) is 4.36. The lowest BCUT2D eigenvalue weighted by atomic mass is 10.1. The van der Waals surface area contributed by atoms with Crippen LogP contribution in [0.4, 0.5) is 0 Å². The van der Waals surface area contributed by atoms with Crippen LogP contribution in [0.3, 0.4) is 0 Å². The molecule has 21 heavy (non-hydrogen) atoms. The fraction of sp³-hybridized carbons (Fsp3) is 0.176. The minimum atomic E-state index is -0.269. The molecule has 1 amide bonds. The number of amides is 1. The lowest BCUT2D eigenvalue weighted by Gasteiger charge is -2.14. The van der Waals surface area contributed by atoms with Crippen molar-refractivity contribution in [1.82, 2.24) is 5.32 Å². The maximum Gasteiger partial charge on any atom is 0.234 e. The summed E-state index contributed by atoms with van der Waals surface area (Å²) in [5.41, 5.74) is 0.960. The Morgan fingerprint density at radius 3 is 2.38 bits per heavy atom. The molecule has 1 N–H and O–H groups in total. The number of para-hydroxylation sites is 1. The van der Waals surface area contributed by atoms with E-state index in [4.69, 9.17) is 10.00 Å². The van der Waals surface area contributed by atoms with Crippen molar-refractivity contribution in [3.63, 3.8) is 0 Å². The van der Waals surface area contributed by atoms with Gasteiger partial charge in [0.1, 0.15) is 17.9 Å². The summed E-state index contributed by atoms with van der Waals surface area (Å²) in [5, 5.41) is 11.2. The van der Waals surface area contributed by atoms with E-state index in [-0.39, 0.29) is 18.4 Å². The molecule has 2 rings (SSSR count). The van der Waals surface area contributed by atoms with Crippen LogP contribution in [0, 0.1) is 11.3 Å². The van der Waals surface area contributed by atoms with Crippen LogP contribution in [0.5, 0.6) is 11.5 Å². The summed E-state index contributed by atoms with van der Waals surface area (Å²) in [6.45, 7) is 1.88. The molecule has 2 aromatic carbocycles. The lowest BCUT2D eigenvalue weighted by molar-refractivity contribution is -0.120. The number of benzene rings is 2. The van der Waals surface area contributed by atoms with Crippen molar-refractivity contribution in [1.29, 1.82) is 5.26 Å². The molecule has 0 bridgehead atoms. The summed E-state index contributed by atoms with van der Waals surface area (Å²) in [7, 11) is 0. The molecule has 0 spiro atoms. The zero-order chi connectivity index (χ0) is 15.1. The fourth-order valence-electron chi connectivity index (χ4n) is 1.90. The van der Waals surface area contributed by atoms with Gasteiger partial charge in [0.25, 0.3) is 0 Å². The molecule has 0 saturated carbocycles. The van der Waals surface area contributed by atoms with Gasteiger partial charge in [-0.2, -0.15) is 5.26 Å². The Hall–Kier alpha value is -2.80. The van der Waals surface area contributed by atoms with Gasteiger partial charge in [0.2, 0.25) is 5.91 Å². The van der Waals surface area contributed by atoms with Crippen molar-refractivity contribution in [2.75, 3.05) is 0 Å². The highest BCUT2D eigenvalue weighted by Gasteiger charge is 2.09. The summed E-state index contributed by atoms with van der Waals surface area (Å²) in [5.74, 6) is 1.25. The highest BCUT2D eigenvalue weighted by molar-refractivity contribution is 5.78. The third-order valence-corrected chi connectivity index (χ3v) is 2.98. The average Bonchev–Trinajstić information content (AvgIpc) is 2.49. The van der Waals surface area contributed by atoms with E-state index in [1.165, 1.54) is 0 Å². The zero-order valence-corrected chi connectivity index (χ0v) is 11.7. The SMILES string of the molecule is C[C@@H](NC(=O)CC#N)c1ccc(Oc2ccccc2)cc1. The topological polar surface area (TPSA) is 62.1 Å². The molecule has 0 aliphatic rings. The zero-order valence-electron chi connectivity index (χ0n) is 11.7. The first-order chi connectivity index (χ1) is 10.2. The number of hydrogen-bond acceptors (Lipinski definition) is 3. The van der Waals surface area contributed by atoms with Crippen LogP contribution < -0.4 is 10.1 Å². The van der Waals surface area contributed by atoms with Gasteiger partial charge < -0.3 is 10.1 Å². The van der Waals surface area contributed by atoms with Crippen LogP contribution in [0.1, 0.15) is 24.9 Å². The van der Waals surface area contributed by atoms with Crippen molar-refractivity contribution in [3.8, 4) is 17.6 Å². The molecule has 0 aliphatic carbocycles. The number of carbonyl (C=O) groups excluding carboxylic acids is 1. The second kappa shape index (κ2) is 7.11. The van der Waals surface area contributed by atoms with E-state index in [2.05, 4.69) is 5.32 Å². The quantitative estimate of drug-likeness (QED) is 0.910. The predicted octanol–water partition coefficient (Wildman–Crippen LogP) is 3.57. The number of nitrogens with zero attached hydrogens (tertiary/aromatic N) is 1. The normalized spacial score (nSPS) is 11.2. The third-order valence-electron chi connectivity index (χ3n) is 2.98. The van der Waals surface area contributed by atoms with E-state index < -0.39 is 0 Å². The summed E-state index contributed by atoms with van der Waals surface area (Å²) >= 11 is 0. The van der Waals surface area contributed by atoms with E-state index in [0.717, 1.165) is 17.1 Å². The summed E-state index contributed by atoms with van der Waals surface area (Å²) in [6, 6.07) is 18.7. The Balaban J connectivity index is 1.98. The highest BCUT2D eigenvalue weighted by atomic mass is 16.5. The Morgan fingerprint density at radius 2 is 1.76 bits per heavy atom. The molecule has 4 nitrogen and oxygen atoms in total. The summed E-state index contributed by atoms with van der Waals surface area (Å²) in [6.07, 6.45) is -0.125. The molecular formula is C17H16N2O2. The molecule has 0 heterocycles. The van der Waals surface area contributed by atoms with Crippen LogP contribution in [0.15, 0.2) is 54.6 Å². The molecule has 0 aromatic heterocycles. The number of carbonyl (C=O) groups is 1. The molecule has 4 heteroatoms. The van der Waals surface area contributed by atoms with Crippen LogP contribution in [-0.4, -0.2) is 5.91 Å². The Morgan fingerprint density at radius 1 is 1.14 bits per heavy atom. The summed E-state index contributed by atoms with van der Waals surface area (Å²) < 4.78 is 5.70. The number of hydrogen-bond donors (Lipinski definition) is 1. The van der Waals surface area contributed by atoms with E-state index in [0.29, 0.717) is 0 Å². The Labute approximate surface area is 124 Å². The van der Waals surface area contributed by atoms with Crippen LogP contribution in [-0.2, 0) is 4.79 Å². The van der Waals surface area contributed by atoms with E-state index in [1.54, 1.807) is 0 Å². The van der Waals surface area contributed by atoms with Crippen LogP contribution >= 0.6 is 0 Å². The molecule has 0 radical (unpaired) electrons. The van der Waals surface area contributed by atoms with Gasteiger partial charge in [-0.3, -0.25) is 4.79 Å².